The van der Waals surface area contributed by atoms with E-state index in [0.717, 1.165) is 39.1 Å². The van der Waals surface area contributed by atoms with E-state index >= 15 is 0 Å². The number of likely N-dealkylation sites (tertiary alicyclic amines) is 1. The van der Waals surface area contributed by atoms with Crippen molar-refractivity contribution in [1.82, 2.24) is 62.0 Å². The molecule has 2 aromatic carbocycles. The van der Waals surface area contributed by atoms with Gasteiger partial charge in [-0.1, -0.05) is 53.2 Å². The van der Waals surface area contributed by atoms with Crippen LogP contribution in [0, 0.1) is 24.2 Å². The summed E-state index contributed by atoms with van der Waals surface area (Å²) in [5.74, 6) is -10.1. The number of carbonyl (C=O) groups excluding carboxylic acids is 9. The van der Waals surface area contributed by atoms with Crippen molar-refractivity contribution in [3.05, 3.63) is 82.2 Å². The van der Waals surface area contributed by atoms with Crippen LogP contribution in [0.4, 0.5) is 8.78 Å². The molecule has 6 atom stereocenters. The van der Waals surface area contributed by atoms with Crippen LogP contribution in [-0.4, -0.2) is 181 Å². The van der Waals surface area contributed by atoms with Crippen LogP contribution in [0.25, 0.3) is 0 Å². The van der Waals surface area contributed by atoms with Gasteiger partial charge in [-0.2, -0.15) is 17.9 Å². The van der Waals surface area contributed by atoms with Crippen molar-refractivity contribution in [2.45, 2.75) is 198 Å². The van der Waals surface area contributed by atoms with Crippen LogP contribution in [0.2, 0.25) is 0 Å². The van der Waals surface area contributed by atoms with Gasteiger partial charge in [-0.15, -0.1) is 5.10 Å². The number of unbranched alkanes of at least 4 members (excludes halogenated alkanes) is 1. The molecule has 27 nitrogen and oxygen atoms in total. The molecule has 30 heteroatoms. The molecular weight excluding hydrogens is 1240 g/mol. The Balaban J connectivity index is 0.916. The first-order chi connectivity index (χ1) is 44.5. The number of aryl methyl sites for hydroxylation is 2. The lowest BCUT2D eigenvalue weighted by atomic mass is 9.99. The molecule has 2 saturated heterocycles. The summed E-state index contributed by atoms with van der Waals surface area (Å²) in [6.07, 6.45) is 3.33. The fourth-order valence-corrected chi connectivity index (χ4v) is 11.1. The normalized spacial score (nSPS) is 17.6. The highest BCUT2D eigenvalue weighted by Gasteiger charge is 2.50. The summed E-state index contributed by atoms with van der Waals surface area (Å²) in [6, 6.07) is 9.48. The number of nitrogens with zero attached hydrogens (tertiary/aromatic N) is 6. The van der Waals surface area contributed by atoms with Gasteiger partial charge in [-0.05, 0) is 108 Å². The predicted octanol–water partition coefficient (Wildman–Crippen LogP) is 2.14. The maximum Gasteiger partial charge on any atom is 0.305 e. The zero-order chi connectivity index (χ0) is 68.8. The van der Waals surface area contributed by atoms with Crippen molar-refractivity contribution in [3.63, 3.8) is 0 Å². The standard InChI is InChI=1S/C64H90F2N14O13S/c1-40-15-17-41(18-16-40)10-8-14-52(81)69-23-7-6-13-49(73-54(83)20-19-53(82)72-33-48(68)58(88)74-50(30-56(85)86)60(90)71-25-27-94)59(89)70-24-21-62(2,3)92-26-22-63(4,5)93-38-45-36-79(77-76-45)35-43-12-9-11-42-34-78(37-47(42)43)55(84)29-44-28-51(75-57(44)87)61(91)80-39-64(65,66)31-46(80)32-67/h9,11-12,15-18,36,44,46,48-51,94H,6-8,10,13-14,19-31,33-35,37-39,68H2,1-5H3,(H,69,81)(H,70,89)(H,71,90)(H,72,82)(H,73,83)(H,74,88)(H,75,87)(H,85,86)/t44-,46-,48-,49?,50-,51-/m0/s1. The molecule has 3 aromatic rings. The number of aliphatic carboxylic acids is 1. The summed E-state index contributed by atoms with van der Waals surface area (Å²) < 4.78 is 42.4. The highest BCUT2D eigenvalue weighted by molar-refractivity contribution is 7.80. The number of carboxylic acids is 1. The number of amides is 9. The lowest BCUT2D eigenvalue weighted by Crippen LogP contribution is -2.55. The minimum absolute atomic E-state index is 0.0475. The monoisotopic (exact) mass is 1330 g/mol. The average molecular weight is 1330 g/mol. The molecule has 0 spiro atoms. The lowest BCUT2D eigenvalue weighted by molar-refractivity contribution is -0.140. The molecule has 94 heavy (non-hydrogen) atoms. The van der Waals surface area contributed by atoms with Crippen LogP contribution in [0.5, 0.6) is 0 Å². The number of hydrogen-bond donors (Lipinski definition) is 10. The predicted molar refractivity (Wildman–Crippen MR) is 340 cm³/mol. The highest BCUT2D eigenvalue weighted by atomic mass is 32.1. The first kappa shape index (κ1) is 74.9. The quantitative estimate of drug-likeness (QED) is 0.0290. The van der Waals surface area contributed by atoms with Crippen LogP contribution in [-0.2, 0) is 90.1 Å². The van der Waals surface area contributed by atoms with Gasteiger partial charge in [0.15, 0.2) is 0 Å². The largest absolute Gasteiger partial charge is 0.481 e. The van der Waals surface area contributed by atoms with Crippen LogP contribution in [0.3, 0.4) is 0 Å². The molecule has 2 fully saturated rings. The smallest absolute Gasteiger partial charge is 0.305 e. The summed E-state index contributed by atoms with van der Waals surface area (Å²) in [7, 11) is 0. The number of rotatable bonds is 38. The van der Waals surface area contributed by atoms with Crippen LogP contribution < -0.4 is 43.0 Å². The van der Waals surface area contributed by atoms with Gasteiger partial charge in [0.1, 0.15) is 35.9 Å². The summed E-state index contributed by atoms with van der Waals surface area (Å²) in [4.78, 5) is 131. The van der Waals surface area contributed by atoms with Gasteiger partial charge < -0.3 is 67.3 Å². The third kappa shape index (κ3) is 24.3. The summed E-state index contributed by atoms with van der Waals surface area (Å²) in [6.45, 7) is 10.4. The molecule has 10 N–H and O–H groups in total. The molecule has 9 amide bonds. The van der Waals surface area contributed by atoms with Crippen molar-refractivity contribution in [1.29, 1.82) is 5.26 Å². The molecule has 1 aromatic heterocycles. The summed E-state index contributed by atoms with van der Waals surface area (Å²) in [5.41, 5.74) is 10.2. The summed E-state index contributed by atoms with van der Waals surface area (Å²) in [5, 5.41) is 45.5. The highest BCUT2D eigenvalue weighted by Crippen LogP contribution is 2.34. The molecular formula is C64H90F2N14O13S. The van der Waals surface area contributed by atoms with Crippen LogP contribution >= 0.6 is 12.6 Å². The van der Waals surface area contributed by atoms with Gasteiger partial charge >= 0.3 is 5.97 Å². The number of nitrogens with one attached hydrogen (secondary N) is 7. The van der Waals surface area contributed by atoms with Gasteiger partial charge in [0.2, 0.25) is 53.2 Å². The number of nitriles is 1. The first-order valence-corrected chi connectivity index (χ1v) is 32.4. The van der Waals surface area contributed by atoms with E-state index in [1.54, 1.807) is 21.8 Å². The second-order valence-electron chi connectivity index (χ2n) is 25.4. The molecule has 4 heterocycles. The Morgan fingerprint density at radius 3 is 2.28 bits per heavy atom. The topological polar surface area (TPSA) is 381 Å². The number of fused-ring (bicyclic) bond motifs is 1. The summed E-state index contributed by atoms with van der Waals surface area (Å²) >= 11 is 4.00. The minimum Gasteiger partial charge on any atom is -0.481 e. The van der Waals surface area contributed by atoms with Crippen molar-refractivity contribution in [2.24, 2.45) is 11.7 Å². The number of benzene rings is 2. The third-order valence-electron chi connectivity index (χ3n) is 16.6. The van der Waals surface area contributed by atoms with Gasteiger partial charge in [-0.3, -0.25) is 47.9 Å². The van der Waals surface area contributed by atoms with E-state index in [2.05, 4.69) is 60.2 Å². The maximum atomic E-state index is 14.1. The Labute approximate surface area is 551 Å². The maximum absolute atomic E-state index is 14.1. The molecule has 0 bridgehead atoms. The van der Waals surface area contributed by atoms with E-state index in [9.17, 15) is 67.1 Å². The lowest BCUT2D eigenvalue weighted by Gasteiger charge is -2.30. The number of carboxylic acid groups (broad SMARTS) is 1. The molecule has 3 aliphatic rings. The SMILES string of the molecule is Cc1ccc(CCCC(=O)NCCCCC(NC(=O)CCC(=O)NC[C@H](N)C(=O)N[C@@H](CC(=O)O)C(=O)NCCS)C(=O)NCCC(C)(C)OCCC(C)(C)OCc2cn(Cc3cccc4c3CN(C(=O)C[C@@H]3C[C@@H](C(=O)N5CC(F)(F)C[C@H]5C#N)NC3=O)C4)nn2)cc1. The molecule has 0 aliphatic carbocycles. The Morgan fingerprint density at radius 2 is 1.55 bits per heavy atom. The van der Waals surface area contributed by atoms with Crippen molar-refractivity contribution in [3.8, 4) is 6.07 Å². The van der Waals surface area contributed by atoms with Gasteiger partial charge in [-0.25, -0.2) is 13.5 Å². The Bertz CT molecular complexity index is 3200. The number of aromatic nitrogens is 3. The first-order valence-electron chi connectivity index (χ1n) is 31.8. The zero-order valence-electron chi connectivity index (χ0n) is 54.1. The van der Waals surface area contributed by atoms with Gasteiger partial charge in [0.25, 0.3) is 5.92 Å². The van der Waals surface area contributed by atoms with E-state index in [1.165, 1.54) is 0 Å². The van der Waals surface area contributed by atoms with Crippen molar-refractivity contribution in [2.75, 3.05) is 45.1 Å². The number of alkyl halides is 2. The molecule has 0 saturated carbocycles. The molecule has 514 valence electrons. The Hall–Kier alpha value is -8.14. The van der Waals surface area contributed by atoms with E-state index in [-0.39, 0.29) is 82.5 Å². The fourth-order valence-electron chi connectivity index (χ4n) is 11.0. The zero-order valence-corrected chi connectivity index (χ0v) is 55.0. The fraction of sp³-hybridized carbons (Fsp3) is 0.609. The second kappa shape index (κ2) is 35.4. The third-order valence-corrected chi connectivity index (χ3v) is 16.8. The van der Waals surface area contributed by atoms with E-state index < -0.39 is 120 Å². The van der Waals surface area contributed by atoms with E-state index in [1.807, 2.05) is 77.1 Å². The number of nitrogens with two attached hydrogens (primary N) is 1. The minimum atomic E-state index is -3.20. The van der Waals surface area contributed by atoms with Crippen molar-refractivity contribution < 1.29 is 71.3 Å². The number of thiol groups is 1. The molecule has 0 radical (unpaired) electrons. The second-order valence-corrected chi connectivity index (χ2v) is 25.9. The van der Waals surface area contributed by atoms with E-state index in [4.69, 9.17) is 15.2 Å². The van der Waals surface area contributed by atoms with Crippen molar-refractivity contribution >= 4 is 71.8 Å². The Morgan fingerprint density at radius 1 is 0.851 bits per heavy atom. The number of carbonyl (C=O) groups is 10. The van der Waals surface area contributed by atoms with Gasteiger partial charge in [0, 0.05) is 83.0 Å². The molecule has 6 rings (SSSR count). The van der Waals surface area contributed by atoms with Crippen LogP contribution in [0.15, 0.2) is 48.7 Å². The Kier molecular flexibility index (Phi) is 28.2. The molecule has 3 aliphatic heterocycles. The van der Waals surface area contributed by atoms with Crippen LogP contribution in [0.1, 0.15) is 145 Å². The number of ether oxygens (including phenoxy) is 2. The number of hydrogen-bond acceptors (Lipinski definition) is 17. The van der Waals surface area contributed by atoms with E-state index in [0.29, 0.717) is 70.5 Å². The van der Waals surface area contributed by atoms with Gasteiger partial charge in [0.05, 0.1) is 56.2 Å². The molecule has 1 unspecified atom stereocenters. The number of halogens is 2. The average Bonchev–Trinajstić information content (AvgIpc) is 1.65.